The van der Waals surface area contributed by atoms with Gasteiger partial charge in [0, 0.05) is 22.3 Å². The van der Waals surface area contributed by atoms with Gasteiger partial charge in [-0.25, -0.2) is 0 Å². The molecular formula is C22H20ClN5O2S. The largest absolute Gasteiger partial charge is 0.360 e. The highest BCUT2D eigenvalue weighted by Crippen LogP contribution is 2.32. The lowest BCUT2D eigenvalue weighted by Gasteiger charge is -2.15. The minimum Gasteiger partial charge on any atom is -0.360 e. The molecule has 0 aliphatic rings. The Morgan fingerprint density at radius 3 is 2.55 bits per heavy atom. The van der Waals surface area contributed by atoms with E-state index in [2.05, 4.69) is 20.7 Å². The summed E-state index contributed by atoms with van der Waals surface area (Å²) in [6.45, 7) is 3.73. The average molecular weight is 454 g/mol. The fraction of sp³-hybridized carbons (Fsp3) is 0.182. The van der Waals surface area contributed by atoms with Crippen molar-refractivity contribution in [3.05, 3.63) is 71.4 Å². The zero-order valence-corrected chi connectivity index (χ0v) is 18.5. The van der Waals surface area contributed by atoms with Crippen LogP contribution in [0.25, 0.3) is 17.1 Å². The molecule has 9 heteroatoms. The molecule has 1 atom stereocenters. The molecule has 2 aromatic carbocycles. The van der Waals surface area contributed by atoms with Crippen molar-refractivity contribution in [3.8, 4) is 17.1 Å². The summed E-state index contributed by atoms with van der Waals surface area (Å²) in [5.74, 6) is 1.53. The molecule has 0 saturated carbocycles. The number of aryl methyl sites for hydroxylation is 1. The summed E-state index contributed by atoms with van der Waals surface area (Å²) < 4.78 is 6.98. The number of hydrogen-bond acceptors (Lipinski definition) is 6. The molecular weight excluding hydrogens is 434 g/mol. The van der Waals surface area contributed by atoms with Crippen LogP contribution < -0.4 is 5.32 Å². The number of halogens is 1. The van der Waals surface area contributed by atoms with Crippen molar-refractivity contribution >= 4 is 35.1 Å². The van der Waals surface area contributed by atoms with E-state index in [9.17, 15) is 4.79 Å². The van der Waals surface area contributed by atoms with E-state index in [4.69, 9.17) is 16.1 Å². The van der Waals surface area contributed by atoms with Crippen molar-refractivity contribution in [1.82, 2.24) is 19.9 Å². The second kappa shape index (κ2) is 9.36. The number of para-hydroxylation sites is 1. The Hall–Kier alpha value is -3.10. The third-order valence-corrected chi connectivity index (χ3v) is 6.10. The smallest absolute Gasteiger partial charge is 0.239 e. The van der Waals surface area contributed by atoms with Gasteiger partial charge in [0.2, 0.25) is 5.91 Å². The van der Waals surface area contributed by atoms with E-state index in [1.165, 1.54) is 11.8 Å². The lowest BCUT2D eigenvalue weighted by atomic mass is 10.2. The van der Waals surface area contributed by atoms with Gasteiger partial charge < -0.3 is 9.84 Å². The first-order chi connectivity index (χ1) is 15.0. The molecule has 158 valence electrons. The molecule has 0 aliphatic carbocycles. The molecule has 1 N–H and O–H groups in total. The monoisotopic (exact) mass is 453 g/mol. The third kappa shape index (κ3) is 4.81. The van der Waals surface area contributed by atoms with E-state index in [-0.39, 0.29) is 11.2 Å². The Morgan fingerprint density at radius 2 is 1.90 bits per heavy atom. The number of carbonyl (C=O) groups is 1. The quantitative estimate of drug-likeness (QED) is 0.377. The molecule has 1 amide bonds. The zero-order valence-electron chi connectivity index (χ0n) is 16.9. The predicted molar refractivity (Wildman–Crippen MR) is 122 cm³/mol. The highest BCUT2D eigenvalue weighted by molar-refractivity contribution is 8.00. The summed E-state index contributed by atoms with van der Waals surface area (Å²) in [5, 5.41) is 16.3. The van der Waals surface area contributed by atoms with E-state index >= 15 is 0 Å². The molecule has 4 rings (SSSR count). The number of benzene rings is 2. The minimum absolute atomic E-state index is 0.170. The number of nitrogens with zero attached hydrogens (tertiary/aromatic N) is 4. The summed E-state index contributed by atoms with van der Waals surface area (Å²) in [6.07, 6.45) is 0.602. The van der Waals surface area contributed by atoms with Gasteiger partial charge >= 0.3 is 0 Å². The second-order valence-corrected chi connectivity index (χ2v) is 8.42. The molecule has 4 aromatic rings. The number of hydrogen-bond donors (Lipinski definition) is 1. The van der Waals surface area contributed by atoms with Crippen molar-refractivity contribution in [2.24, 2.45) is 0 Å². The maximum absolute atomic E-state index is 12.8. The van der Waals surface area contributed by atoms with Crippen LogP contribution in [-0.2, 0) is 4.79 Å². The van der Waals surface area contributed by atoms with Gasteiger partial charge in [-0.3, -0.25) is 9.36 Å². The van der Waals surface area contributed by atoms with Gasteiger partial charge in [0.25, 0.3) is 0 Å². The summed E-state index contributed by atoms with van der Waals surface area (Å²) in [6, 6.07) is 18.9. The molecule has 0 radical (unpaired) electrons. The van der Waals surface area contributed by atoms with E-state index in [0.717, 1.165) is 11.3 Å². The number of thioether (sulfide) groups is 1. The van der Waals surface area contributed by atoms with Crippen molar-refractivity contribution in [3.63, 3.8) is 0 Å². The Balaban J connectivity index is 1.67. The van der Waals surface area contributed by atoms with Gasteiger partial charge in [-0.2, -0.15) is 0 Å². The molecule has 0 spiro atoms. The van der Waals surface area contributed by atoms with Crippen LogP contribution in [0.5, 0.6) is 0 Å². The van der Waals surface area contributed by atoms with E-state index < -0.39 is 0 Å². The van der Waals surface area contributed by atoms with Gasteiger partial charge in [0.1, 0.15) is 5.76 Å². The number of nitrogens with one attached hydrogen (secondary N) is 1. The van der Waals surface area contributed by atoms with Gasteiger partial charge in [0.15, 0.2) is 16.8 Å². The van der Waals surface area contributed by atoms with Gasteiger partial charge in [-0.15, -0.1) is 10.2 Å². The Labute approximate surface area is 188 Å². The van der Waals surface area contributed by atoms with E-state index in [0.29, 0.717) is 34.0 Å². The third-order valence-electron chi connectivity index (χ3n) is 4.54. The summed E-state index contributed by atoms with van der Waals surface area (Å²) in [5.41, 5.74) is 1.78. The second-order valence-electron chi connectivity index (χ2n) is 6.81. The van der Waals surface area contributed by atoms with Crippen LogP contribution in [0, 0.1) is 6.92 Å². The number of amides is 1. The highest BCUT2D eigenvalue weighted by atomic mass is 35.5. The normalized spacial score (nSPS) is 12.0. The maximum atomic E-state index is 12.8. The molecule has 7 nitrogen and oxygen atoms in total. The highest BCUT2D eigenvalue weighted by Gasteiger charge is 2.24. The van der Waals surface area contributed by atoms with E-state index in [1.54, 1.807) is 13.0 Å². The molecule has 0 bridgehead atoms. The van der Waals surface area contributed by atoms with Gasteiger partial charge in [-0.05, 0) is 49.7 Å². The molecule has 2 aromatic heterocycles. The van der Waals surface area contributed by atoms with Crippen LogP contribution >= 0.6 is 23.4 Å². The Kier molecular flexibility index (Phi) is 6.39. The number of anilines is 1. The number of rotatable bonds is 7. The minimum atomic E-state index is -0.387. The lowest BCUT2D eigenvalue weighted by molar-refractivity contribution is -0.115. The standard InChI is InChI=1S/C22H20ClN5O2S/c1-3-18(21(29)24-19-13-14(2)30-27-19)31-22-26-25-20(15-9-11-16(23)12-10-15)28(22)17-7-5-4-6-8-17/h4-13,18H,3H2,1-2H3,(H,24,27,29). The lowest BCUT2D eigenvalue weighted by Crippen LogP contribution is -2.25. The zero-order chi connectivity index (χ0) is 21.8. The molecule has 0 saturated heterocycles. The van der Waals surface area contributed by atoms with Crippen molar-refractivity contribution in [2.75, 3.05) is 5.32 Å². The van der Waals surface area contributed by atoms with Crippen LogP contribution in [-0.4, -0.2) is 31.1 Å². The fourth-order valence-corrected chi connectivity index (χ4v) is 4.12. The number of aromatic nitrogens is 4. The van der Waals surface area contributed by atoms with Crippen LogP contribution in [0.2, 0.25) is 5.02 Å². The summed E-state index contributed by atoms with van der Waals surface area (Å²) >= 11 is 7.40. The topological polar surface area (TPSA) is 85.8 Å². The summed E-state index contributed by atoms with van der Waals surface area (Å²) in [4.78, 5) is 12.8. The van der Waals surface area contributed by atoms with Crippen molar-refractivity contribution < 1.29 is 9.32 Å². The van der Waals surface area contributed by atoms with Crippen LogP contribution in [0.15, 0.2) is 70.3 Å². The maximum Gasteiger partial charge on any atom is 0.239 e. The molecule has 0 fully saturated rings. The SMILES string of the molecule is CCC(Sc1nnc(-c2ccc(Cl)cc2)n1-c1ccccc1)C(=O)Nc1cc(C)on1. The van der Waals surface area contributed by atoms with Crippen LogP contribution in [0.1, 0.15) is 19.1 Å². The molecule has 2 heterocycles. The predicted octanol–water partition coefficient (Wildman–Crippen LogP) is 5.39. The molecule has 1 unspecified atom stereocenters. The van der Waals surface area contributed by atoms with Crippen LogP contribution in [0.4, 0.5) is 5.82 Å². The molecule has 0 aliphatic heterocycles. The summed E-state index contributed by atoms with van der Waals surface area (Å²) in [7, 11) is 0. The molecule has 31 heavy (non-hydrogen) atoms. The van der Waals surface area contributed by atoms with Gasteiger partial charge in [-0.1, -0.05) is 53.6 Å². The van der Waals surface area contributed by atoms with Crippen LogP contribution in [0.3, 0.4) is 0 Å². The van der Waals surface area contributed by atoms with Crippen molar-refractivity contribution in [2.45, 2.75) is 30.7 Å². The Bertz CT molecular complexity index is 1170. The van der Waals surface area contributed by atoms with Gasteiger partial charge in [0.05, 0.1) is 5.25 Å². The van der Waals surface area contributed by atoms with Crippen molar-refractivity contribution in [1.29, 1.82) is 0 Å². The fourth-order valence-electron chi connectivity index (χ4n) is 3.02. The first-order valence-corrected chi connectivity index (χ1v) is 11.0. The van der Waals surface area contributed by atoms with E-state index in [1.807, 2.05) is 66.1 Å². The first kappa shape index (κ1) is 21.1. The Morgan fingerprint density at radius 1 is 1.16 bits per heavy atom. The first-order valence-electron chi connectivity index (χ1n) is 9.72. The average Bonchev–Trinajstić information content (AvgIpc) is 3.39. The number of carbonyl (C=O) groups excluding carboxylic acids is 1.